The molecule has 0 saturated carbocycles. The maximum absolute atomic E-state index is 13.6. The average Bonchev–Trinajstić information content (AvgIpc) is 2.47. The molecule has 0 radical (unpaired) electrons. The molecule has 2 N–H and O–H groups in total. The Balaban J connectivity index is 2.56. The van der Waals surface area contributed by atoms with Crippen molar-refractivity contribution in [3.63, 3.8) is 0 Å². The second kappa shape index (κ2) is 8.57. The van der Waals surface area contributed by atoms with Crippen LogP contribution in [0.1, 0.15) is 12.5 Å². The number of hydrogen-bond acceptors (Lipinski definition) is 3. The molecule has 1 aromatic rings. The third-order valence-electron chi connectivity index (χ3n) is 2.96. The predicted octanol–water partition coefficient (Wildman–Crippen LogP) is 2.17. The van der Waals surface area contributed by atoms with Gasteiger partial charge in [0.25, 0.3) is 0 Å². The second-order valence-electron chi connectivity index (χ2n) is 4.85. The Kier molecular flexibility index (Phi) is 7.08. The van der Waals surface area contributed by atoms with Crippen molar-refractivity contribution in [2.24, 2.45) is 0 Å². The summed E-state index contributed by atoms with van der Waals surface area (Å²) in [7, 11) is 0. The number of nitrogens with zero attached hydrogens (tertiary/aromatic N) is 1. The summed E-state index contributed by atoms with van der Waals surface area (Å²) in [6.07, 6.45) is -4.60. The van der Waals surface area contributed by atoms with Crippen molar-refractivity contribution in [2.75, 3.05) is 19.6 Å². The van der Waals surface area contributed by atoms with Gasteiger partial charge in [0.05, 0.1) is 6.54 Å². The van der Waals surface area contributed by atoms with E-state index in [0.717, 1.165) is 12.1 Å². The summed E-state index contributed by atoms with van der Waals surface area (Å²) in [5, 5.41) is 3.19. The lowest BCUT2D eigenvalue weighted by Crippen LogP contribution is -2.46. The molecule has 5 nitrogen and oxygen atoms in total. The number of benzene rings is 1. The third-order valence-corrected chi connectivity index (χ3v) is 2.96. The van der Waals surface area contributed by atoms with E-state index in [1.807, 2.05) is 0 Å². The number of amides is 3. The monoisotopic (exact) mass is 353 g/mol. The molecular weight excluding hydrogens is 337 g/mol. The number of carbonyl (C=O) groups is 2. The molecule has 0 saturated heterocycles. The van der Waals surface area contributed by atoms with Crippen molar-refractivity contribution in [3.8, 4) is 0 Å². The average molecular weight is 353 g/mol. The molecule has 0 aliphatic rings. The summed E-state index contributed by atoms with van der Waals surface area (Å²) in [6, 6.07) is 2.03. The minimum absolute atomic E-state index is 0.228. The van der Waals surface area contributed by atoms with Gasteiger partial charge in [-0.1, -0.05) is 13.0 Å². The van der Waals surface area contributed by atoms with Crippen LogP contribution in [0.2, 0.25) is 0 Å². The normalized spacial score (nSPS) is 11.5. The van der Waals surface area contributed by atoms with E-state index >= 15 is 0 Å². The molecule has 1 rings (SSSR count). The number of alkyl halides is 3. The van der Waals surface area contributed by atoms with E-state index in [1.54, 1.807) is 12.2 Å². The number of hydrogen-bond donors (Lipinski definition) is 2. The van der Waals surface area contributed by atoms with Crippen LogP contribution >= 0.6 is 0 Å². The van der Waals surface area contributed by atoms with Crippen LogP contribution in [0.25, 0.3) is 0 Å². The van der Waals surface area contributed by atoms with Crippen molar-refractivity contribution in [1.82, 2.24) is 15.5 Å². The van der Waals surface area contributed by atoms with E-state index in [0.29, 0.717) is 0 Å². The first-order chi connectivity index (χ1) is 11.1. The van der Waals surface area contributed by atoms with Crippen LogP contribution < -0.4 is 10.6 Å². The predicted molar refractivity (Wildman–Crippen MR) is 74.9 cm³/mol. The molecule has 0 aliphatic heterocycles. The fraction of sp³-hybridized carbons (Fsp3) is 0.429. The molecule has 24 heavy (non-hydrogen) atoms. The largest absolute Gasteiger partial charge is 0.405 e. The summed E-state index contributed by atoms with van der Waals surface area (Å²) < 4.78 is 62.9. The number of halogens is 5. The van der Waals surface area contributed by atoms with Crippen LogP contribution in [0.3, 0.4) is 0 Å². The molecule has 0 heterocycles. The first-order valence-electron chi connectivity index (χ1n) is 6.92. The van der Waals surface area contributed by atoms with E-state index in [2.05, 4.69) is 0 Å². The van der Waals surface area contributed by atoms with Crippen molar-refractivity contribution in [3.05, 3.63) is 35.4 Å². The van der Waals surface area contributed by atoms with Crippen molar-refractivity contribution in [1.29, 1.82) is 0 Å². The van der Waals surface area contributed by atoms with E-state index in [-0.39, 0.29) is 18.7 Å². The van der Waals surface area contributed by atoms with Gasteiger partial charge in [-0.3, -0.25) is 15.0 Å². The van der Waals surface area contributed by atoms with E-state index in [4.69, 9.17) is 0 Å². The molecule has 0 bridgehead atoms. The zero-order valence-electron chi connectivity index (χ0n) is 12.7. The zero-order chi connectivity index (χ0) is 18.3. The van der Waals surface area contributed by atoms with Crippen LogP contribution in [0.4, 0.5) is 26.7 Å². The topological polar surface area (TPSA) is 61.4 Å². The van der Waals surface area contributed by atoms with Gasteiger partial charge < -0.3 is 5.32 Å². The van der Waals surface area contributed by atoms with Crippen LogP contribution in [-0.4, -0.2) is 42.6 Å². The lowest BCUT2D eigenvalue weighted by molar-refractivity contribution is -0.125. The van der Waals surface area contributed by atoms with Gasteiger partial charge in [-0.15, -0.1) is 0 Å². The summed E-state index contributed by atoms with van der Waals surface area (Å²) in [5.41, 5.74) is -0.242. The highest BCUT2D eigenvalue weighted by molar-refractivity contribution is 5.95. The molecular formula is C14H16F5N3O2. The van der Waals surface area contributed by atoms with Crippen LogP contribution in [-0.2, 0) is 11.3 Å². The van der Waals surface area contributed by atoms with E-state index in [1.165, 1.54) is 16.3 Å². The number of urea groups is 1. The molecule has 0 aromatic heterocycles. The first-order valence-corrected chi connectivity index (χ1v) is 6.92. The molecule has 10 heteroatoms. The molecule has 1 aromatic carbocycles. The first kappa shape index (κ1) is 19.8. The van der Waals surface area contributed by atoms with Gasteiger partial charge >= 0.3 is 12.2 Å². The molecule has 0 unspecified atom stereocenters. The highest BCUT2D eigenvalue weighted by atomic mass is 19.4. The number of imide groups is 1. The Bertz CT molecular complexity index is 572. The Hall–Kier alpha value is -2.23. The summed E-state index contributed by atoms with van der Waals surface area (Å²) in [5.74, 6) is -2.46. The van der Waals surface area contributed by atoms with E-state index < -0.39 is 42.8 Å². The van der Waals surface area contributed by atoms with Gasteiger partial charge in [0.15, 0.2) is 0 Å². The second-order valence-corrected chi connectivity index (χ2v) is 4.85. The molecule has 0 spiro atoms. The van der Waals surface area contributed by atoms with Crippen molar-refractivity contribution < 1.29 is 31.5 Å². The lowest BCUT2D eigenvalue weighted by atomic mass is 10.2. The Morgan fingerprint density at radius 3 is 2.25 bits per heavy atom. The van der Waals surface area contributed by atoms with Gasteiger partial charge in [-0.05, 0) is 18.7 Å². The fourth-order valence-electron chi connectivity index (χ4n) is 1.78. The summed E-state index contributed by atoms with van der Waals surface area (Å²) >= 11 is 0. The molecule has 134 valence electrons. The quantitative estimate of drug-likeness (QED) is 0.771. The minimum Gasteiger partial charge on any atom is -0.329 e. The number of likely N-dealkylation sites (N-methyl/N-ethyl adjacent to an activating group) is 1. The standard InChI is InChI=1S/C14H16F5N3O2/c1-2-22(6-9-10(15)4-3-5-11(9)16)7-12(23)21-13(24)20-8-14(17,18)19/h3-5H,2,6-8H2,1H3,(H2,20,21,23,24). The minimum atomic E-state index is -4.60. The third kappa shape index (κ3) is 6.90. The zero-order valence-corrected chi connectivity index (χ0v) is 12.7. The van der Waals surface area contributed by atoms with Crippen molar-refractivity contribution >= 4 is 11.9 Å². The highest BCUT2D eigenvalue weighted by Crippen LogP contribution is 2.14. The van der Waals surface area contributed by atoms with Gasteiger partial charge in [0.2, 0.25) is 5.91 Å². The molecule has 0 atom stereocenters. The maximum Gasteiger partial charge on any atom is 0.405 e. The molecule has 3 amide bonds. The maximum atomic E-state index is 13.6. The van der Waals surface area contributed by atoms with Gasteiger partial charge in [-0.25, -0.2) is 13.6 Å². The van der Waals surface area contributed by atoms with Crippen LogP contribution in [0.5, 0.6) is 0 Å². The van der Waals surface area contributed by atoms with Gasteiger partial charge in [-0.2, -0.15) is 13.2 Å². The smallest absolute Gasteiger partial charge is 0.329 e. The van der Waals surface area contributed by atoms with Crippen molar-refractivity contribution in [2.45, 2.75) is 19.6 Å². The van der Waals surface area contributed by atoms with E-state index in [9.17, 15) is 31.5 Å². The fourth-order valence-corrected chi connectivity index (χ4v) is 1.78. The van der Waals surface area contributed by atoms with Gasteiger partial charge in [0.1, 0.15) is 18.2 Å². The Morgan fingerprint density at radius 2 is 1.75 bits per heavy atom. The Morgan fingerprint density at radius 1 is 1.17 bits per heavy atom. The van der Waals surface area contributed by atoms with Gasteiger partial charge in [0, 0.05) is 12.1 Å². The number of carbonyl (C=O) groups excluding carboxylic acids is 2. The van der Waals surface area contributed by atoms with Crippen LogP contribution in [0, 0.1) is 11.6 Å². The summed E-state index contributed by atoms with van der Waals surface area (Å²) in [6.45, 7) is -0.374. The lowest BCUT2D eigenvalue weighted by Gasteiger charge is -2.20. The SMILES string of the molecule is CCN(CC(=O)NC(=O)NCC(F)(F)F)Cc1c(F)cccc1F. The molecule has 0 aliphatic carbocycles. The van der Waals surface area contributed by atoms with Crippen LogP contribution in [0.15, 0.2) is 18.2 Å². The number of nitrogens with one attached hydrogen (secondary N) is 2. The highest BCUT2D eigenvalue weighted by Gasteiger charge is 2.28. The Labute approximate surface area is 134 Å². The number of rotatable bonds is 6. The summed E-state index contributed by atoms with van der Waals surface area (Å²) in [4.78, 5) is 24.1. The molecule has 0 fully saturated rings.